The van der Waals surface area contributed by atoms with E-state index in [2.05, 4.69) is 25.3 Å². The first-order valence-corrected chi connectivity index (χ1v) is 6.17. The second-order valence-corrected chi connectivity index (χ2v) is 4.54. The molecule has 3 aromatic heterocycles. The Morgan fingerprint density at radius 3 is 2.60 bits per heavy atom. The first-order chi connectivity index (χ1) is 9.61. The van der Waals surface area contributed by atoms with E-state index in [1.807, 2.05) is 26.8 Å². The van der Waals surface area contributed by atoms with Crippen LogP contribution in [-0.4, -0.2) is 25.3 Å². The molecule has 0 aliphatic rings. The molecule has 0 atom stereocenters. The van der Waals surface area contributed by atoms with E-state index < -0.39 is 0 Å². The minimum atomic E-state index is 0.415. The number of hydrogen-bond acceptors (Lipinski definition) is 7. The second-order valence-electron chi connectivity index (χ2n) is 4.54. The van der Waals surface area contributed by atoms with Crippen LogP contribution in [0.3, 0.4) is 0 Å². The van der Waals surface area contributed by atoms with Crippen molar-refractivity contribution >= 4 is 0 Å². The molecule has 0 aliphatic heterocycles. The lowest BCUT2D eigenvalue weighted by Crippen LogP contribution is -1.94. The van der Waals surface area contributed by atoms with Crippen molar-refractivity contribution in [2.24, 2.45) is 0 Å². The fourth-order valence-corrected chi connectivity index (χ4v) is 1.89. The lowest BCUT2D eigenvalue weighted by molar-refractivity contribution is 0.390. The zero-order valence-corrected chi connectivity index (χ0v) is 11.4. The molecule has 0 bridgehead atoms. The van der Waals surface area contributed by atoms with Crippen LogP contribution in [0, 0.1) is 20.8 Å². The van der Waals surface area contributed by atoms with Gasteiger partial charge in [0.25, 0.3) is 5.89 Å². The van der Waals surface area contributed by atoms with E-state index in [0.717, 1.165) is 22.7 Å². The quantitative estimate of drug-likeness (QED) is 0.719. The van der Waals surface area contributed by atoms with Gasteiger partial charge in [-0.05, 0) is 20.8 Å². The summed E-state index contributed by atoms with van der Waals surface area (Å²) in [6.07, 6.45) is 2.15. The van der Waals surface area contributed by atoms with E-state index in [9.17, 15) is 0 Å². The molecule has 0 aliphatic carbocycles. The second kappa shape index (κ2) is 4.84. The topological polar surface area (TPSA) is 90.7 Å². The summed E-state index contributed by atoms with van der Waals surface area (Å²) in [5.74, 6) is 2.43. The Kier molecular flexibility index (Phi) is 3.02. The smallest absolute Gasteiger partial charge is 0.261 e. The normalized spacial score (nSPS) is 10.9. The number of nitrogens with zero attached hydrogens (tertiary/aromatic N) is 5. The van der Waals surface area contributed by atoms with E-state index in [4.69, 9.17) is 9.05 Å². The van der Waals surface area contributed by atoms with Crippen molar-refractivity contribution in [2.75, 3.05) is 0 Å². The fourth-order valence-electron chi connectivity index (χ4n) is 1.89. The molecule has 20 heavy (non-hydrogen) atoms. The highest BCUT2D eigenvalue weighted by Crippen LogP contribution is 2.20. The van der Waals surface area contributed by atoms with Crippen molar-refractivity contribution in [3.05, 3.63) is 41.1 Å². The molecule has 0 radical (unpaired) electrons. The zero-order valence-electron chi connectivity index (χ0n) is 11.4. The highest BCUT2D eigenvalue weighted by atomic mass is 16.5. The molecule has 0 amide bonds. The largest absolute Gasteiger partial charge is 0.361 e. The fraction of sp³-hybridized carbons (Fsp3) is 0.308. The maximum absolute atomic E-state index is 5.25. The Morgan fingerprint density at radius 1 is 1.05 bits per heavy atom. The van der Waals surface area contributed by atoms with Gasteiger partial charge in [0.1, 0.15) is 11.6 Å². The minimum absolute atomic E-state index is 0.415. The van der Waals surface area contributed by atoms with Gasteiger partial charge in [-0.2, -0.15) is 4.98 Å². The Balaban J connectivity index is 1.86. The lowest BCUT2D eigenvalue weighted by atomic mass is 10.2. The average Bonchev–Trinajstić information content (AvgIpc) is 2.99. The Labute approximate surface area is 115 Å². The first kappa shape index (κ1) is 12.5. The molecule has 0 saturated heterocycles. The molecule has 7 heteroatoms. The molecule has 0 aromatic carbocycles. The number of rotatable bonds is 3. The zero-order chi connectivity index (χ0) is 14.1. The van der Waals surface area contributed by atoms with Crippen LogP contribution in [0.4, 0.5) is 0 Å². The third-order valence-corrected chi connectivity index (χ3v) is 2.81. The van der Waals surface area contributed by atoms with E-state index in [1.165, 1.54) is 0 Å². The van der Waals surface area contributed by atoms with Gasteiger partial charge in [0.05, 0.1) is 23.4 Å². The van der Waals surface area contributed by atoms with Crippen LogP contribution in [0.5, 0.6) is 0 Å². The molecular weight excluding hydrogens is 258 g/mol. The predicted octanol–water partition coefficient (Wildman–Crippen LogP) is 2.03. The number of aromatic nitrogens is 5. The highest BCUT2D eigenvalue weighted by Gasteiger charge is 2.14. The summed E-state index contributed by atoms with van der Waals surface area (Å²) >= 11 is 0. The van der Waals surface area contributed by atoms with Crippen LogP contribution in [0.25, 0.3) is 11.5 Å². The van der Waals surface area contributed by atoms with E-state index in [1.54, 1.807) is 6.20 Å². The van der Waals surface area contributed by atoms with Gasteiger partial charge in [-0.3, -0.25) is 0 Å². The van der Waals surface area contributed by atoms with Crippen molar-refractivity contribution in [3.63, 3.8) is 0 Å². The van der Waals surface area contributed by atoms with Gasteiger partial charge in [0.2, 0.25) is 0 Å². The first-order valence-electron chi connectivity index (χ1n) is 6.17. The van der Waals surface area contributed by atoms with Crippen molar-refractivity contribution < 1.29 is 9.05 Å². The third kappa shape index (κ3) is 2.42. The number of hydrogen-bond donors (Lipinski definition) is 0. The Morgan fingerprint density at radius 2 is 1.90 bits per heavy atom. The Bertz CT molecular complexity index is 747. The maximum Gasteiger partial charge on any atom is 0.261 e. The van der Waals surface area contributed by atoms with E-state index in [0.29, 0.717) is 24.0 Å². The summed E-state index contributed by atoms with van der Waals surface area (Å²) in [6, 6.07) is 1.84. The molecule has 3 rings (SSSR count). The maximum atomic E-state index is 5.25. The minimum Gasteiger partial charge on any atom is -0.361 e. The summed E-state index contributed by atoms with van der Waals surface area (Å²) in [4.78, 5) is 12.8. The summed E-state index contributed by atoms with van der Waals surface area (Å²) in [7, 11) is 0. The molecule has 102 valence electrons. The molecule has 0 N–H and O–H groups in total. The molecule has 0 fully saturated rings. The predicted molar refractivity (Wildman–Crippen MR) is 68.8 cm³/mol. The van der Waals surface area contributed by atoms with Crippen molar-refractivity contribution in [2.45, 2.75) is 27.2 Å². The van der Waals surface area contributed by atoms with Crippen molar-refractivity contribution in [1.82, 2.24) is 25.3 Å². The summed E-state index contributed by atoms with van der Waals surface area (Å²) in [5, 5.41) is 7.84. The molecule has 3 aromatic rings. The van der Waals surface area contributed by atoms with Gasteiger partial charge in [-0.25, -0.2) is 9.97 Å². The van der Waals surface area contributed by atoms with E-state index >= 15 is 0 Å². The van der Waals surface area contributed by atoms with Crippen LogP contribution < -0.4 is 0 Å². The molecular formula is C13H13N5O2. The van der Waals surface area contributed by atoms with Gasteiger partial charge >= 0.3 is 0 Å². The number of aryl methyl sites for hydroxylation is 3. The van der Waals surface area contributed by atoms with E-state index in [-0.39, 0.29) is 0 Å². The van der Waals surface area contributed by atoms with Gasteiger partial charge in [-0.15, -0.1) is 0 Å². The van der Waals surface area contributed by atoms with Crippen LogP contribution in [-0.2, 0) is 6.42 Å². The average molecular weight is 271 g/mol. The van der Waals surface area contributed by atoms with Crippen molar-refractivity contribution in [1.29, 1.82) is 0 Å². The van der Waals surface area contributed by atoms with Gasteiger partial charge in [0.15, 0.2) is 5.82 Å². The highest BCUT2D eigenvalue weighted by molar-refractivity contribution is 5.54. The Hall–Kier alpha value is -2.57. The molecule has 7 nitrogen and oxygen atoms in total. The van der Waals surface area contributed by atoms with Crippen molar-refractivity contribution in [3.8, 4) is 11.5 Å². The van der Waals surface area contributed by atoms with Crippen LogP contribution in [0.1, 0.15) is 28.8 Å². The molecule has 0 unspecified atom stereocenters. The summed E-state index contributed by atoms with van der Waals surface area (Å²) in [6.45, 7) is 5.56. The monoisotopic (exact) mass is 271 g/mol. The standard InChI is InChI=1S/C13H13N5O2/c1-7-4-10(17-19-7)5-12-16-13(20-18-12)11-6-14-9(3)15-8(11)2/h4,6H,5H2,1-3H3. The summed E-state index contributed by atoms with van der Waals surface area (Å²) < 4.78 is 10.3. The van der Waals surface area contributed by atoms with Crippen LogP contribution in [0.2, 0.25) is 0 Å². The van der Waals surface area contributed by atoms with Crippen LogP contribution >= 0.6 is 0 Å². The van der Waals surface area contributed by atoms with Gasteiger partial charge in [0, 0.05) is 12.3 Å². The summed E-state index contributed by atoms with van der Waals surface area (Å²) in [5.41, 5.74) is 2.32. The van der Waals surface area contributed by atoms with Crippen LogP contribution in [0.15, 0.2) is 21.3 Å². The SMILES string of the molecule is Cc1ncc(-c2nc(Cc3cc(C)on3)no2)c(C)n1. The molecule has 0 saturated carbocycles. The molecule has 0 spiro atoms. The third-order valence-electron chi connectivity index (χ3n) is 2.81. The van der Waals surface area contributed by atoms with Gasteiger partial charge in [-0.1, -0.05) is 10.3 Å². The molecule has 3 heterocycles. The lowest BCUT2D eigenvalue weighted by Gasteiger charge is -1.99. The van der Waals surface area contributed by atoms with Gasteiger partial charge < -0.3 is 9.05 Å².